The van der Waals surface area contributed by atoms with Crippen molar-refractivity contribution in [2.75, 3.05) is 19.7 Å². The van der Waals surface area contributed by atoms with Crippen LogP contribution < -0.4 is 10.5 Å². The summed E-state index contributed by atoms with van der Waals surface area (Å²) in [5.41, 5.74) is 7.34. The van der Waals surface area contributed by atoms with Crippen molar-refractivity contribution in [1.29, 1.82) is 0 Å². The van der Waals surface area contributed by atoms with Crippen molar-refractivity contribution >= 4 is 0 Å². The van der Waals surface area contributed by atoms with Gasteiger partial charge < -0.3 is 10.5 Å². The minimum atomic E-state index is 0.0976. The highest BCUT2D eigenvalue weighted by Crippen LogP contribution is 2.29. The molecule has 0 saturated heterocycles. The van der Waals surface area contributed by atoms with Gasteiger partial charge in [0.25, 0.3) is 0 Å². The van der Waals surface area contributed by atoms with E-state index < -0.39 is 0 Å². The van der Waals surface area contributed by atoms with Gasteiger partial charge in [-0.25, -0.2) is 0 Å². The van der Waals surface area contributed by atoms with Crippen LogP contribution >= 0.6 is 0 Å². The fourth-order valence-corrected chi connectivity index (χ4v) is 2.58. The molecule has 2 N–H and O–H groups in total. The lowest BCUT2D eigenvalue weighted by Crippen LogP contribution is -2.46. The molecule has 0 aromatic heterocycles. The van der Waals surface area contributed by atoms with E-state index in [1.54, 1.807) is 0 Å². The molecule has 0 aliphatic rings. The number of nitrogens with two attached hydrogens (primary N) is 1. The van der Waals surface area contributed by atoms with Gasteiger partial charge in [-0.05, 0) is 51.9 Å². The molecule has 3 heteroatoms. The molecule has 0 amide bonds. The predicted molar refractivity (Wildman–Crippen MR) is 81.5 cm³/mol. The third-order valence-electron chi connectivity index (χ3n) is 3.36. The van der Waals surface area contributed by atoms with Crippen LogP contribution in [0.3, 0.4) is 0 Å². The Balaban J connectivity index is 3.04. The maximum absolute atomic E-state index is 6.02. The normalized spacial score (nSPS) is 13.6. The van der Waals surface area contributed by atoms with E-state index in [-0.39, 0.29) is 11.6 Å². The first kappa shape index (κ1) is 16.0. The van der Waals surface area contributed by atoms with Gasteiger partial charge >= 0.3 is 0 Å². The summed E-state index contributed by atoms with van der Waals surface area (Å²) in [4.78, 5) is 2.43. The Morgan fingerprint density at radius 2 is 1.95 bits per heavy atom. The van der Waals surface area contributed by atoms with E-state index in [1.165, 1.54) is 5.56 Å². The van der Waals surface area contributed by atoms with E-state index in [0.29, 0.717) is 13.2 Å². The lowest BCUT2D eigenvalue weighted by Gasteiger charge is -2.41. The summed E-state index contributed by atoms with van der Waals surface area (Å²) in [5.74, 6) is 0.920. The maximum Gasteiger partial charge on any atom is 0.119 e. The number of likely N-dealkylation sites (N-methyl/N-ethyl adjacent to an activating group) is 1. The third kappa shape index (κ3) is 4.22. The van der Waals surface area contributed by atoms with Gasteiger partial charge in [-0.3, -0.25) is 4.90 Å². The van der Waals surface area contributed by atoms with Gasteiger partial charge in [0.2, 0.25) is 0 Å². The lowest BCUT2D eigenvalue weighted by atomic mass is 9.97. The molecule has 0 aliphatic carbocycles. The van der Waals surface area contributed by atoms with Crippen LogP contribution in [0.4, 0.5) is 0 Å². The van der Waals surface area contributed by atoms with Crippen molar-refractivity contribution in [3.05, 3.63) is 29.8 Å². The monoisotopic (exact) mass is 264 g/mol. The van der Waals surface area contributed by atoms with Crippen molar-refractivity contribution in [3.63, 3.8) is 0 Å². The zero-order valence-electron chi connectivity index (χ0n) is 12.9. The number of rotatable bonds is 6. The summed E-state index contributed by atoms with van der Waals surface area (Å²) in [7, 11) is 0. The molecule has 0 spiro atoms. The zero-order valence-corrected chi connectivity index (χ0v) is 12.9. The highest BCUT2D eigenvalue weighted by molar-refractivity contribution is 5.31. The molecule has 0 bridgehead atoms. The standard InChI is InChI=1S/C16H28N2O/c1-6-18(16(3,4)5)15(12-17)13-9-8-10-14(11-13)19-7-2/h8-11,15H,6-7,12,17H2,1-5H3. The van der Waals surface area contributed by atoms with Crippen LogP contribution in [0.2, 0.25) is 0 Å². The minimum Gasteiger partial charge on any atom is -0.494 e. The maximum atomic E-state index is 6.02. The Morgan fingerprint density at radius 1 is 1.26 bits per heavy atom. The van der Waals surface area contributed by atoms with Crippen LogP contribution in [-0.4, -0.2) is 30.1 Å². The third-order valence-corrected chi connectivity index (χ3v) is 3.36. The molecule has 0 saturated carbocycles. The molecule has 1 atom stereocenters. The molecule has 1 unspecified atom stereocenters. The Morgan fingerprint density at radius 3 is 2.42 bits per heavy atom. The molecule has 19 heavy (non-hydrogen) atoms. The number of nitrogens with zero attached hydrogens (tertiary/aromatic N) is 1. The van der Waals surface area contributed by atoms with Gasteiger partial charge in [-0.2, -0.15) is 0 Å². The van der Waals surface area contributed by atoms with Crippen molar-refractivity contribution < 1.29 is 4.74 Å². The molecular weight excluding hydrogens is 236 g/mol. The van der Waals surface area contributed by atoms with E-state index in [9.17, 15) is 0 Å². The highest BCUT2D eigenvalue weighted by atomic mass is 16.5. The van der Waals surface area contributed by atoms with Crippen LogP contribution in [-0.2, 0) is 0 Å². The van der Waals surface area contributed by atoms with Gasteiger partial charge in [0, 0.05) is 18.1 Å². The molecule has 1 rings (SSSR count). The molecule has 0 radical (unpaired) electrons. The summed E-state index contributed by atoms with van der Waals surface area (Å²) in [6, 6.07) is 8.50. The molecular formula is C16H28N2O. The predicted octanol–water partition coefficient (Wildman–Crippen LogP) is 3.21. The average molecular weight is 264 g/mol. The van der Waals surface area contributed by atoms with E-state index in [0.717, 1.165) is 12.3 Å². The lowest BCUT2D eigenvalue weighted by molar-refractivity contribution is 0.0918. The smallest absolute Gasteiger partial charge is 0.119 e. The largest absolute Gasteiger partial charge is 0.494 e. The Kier molecular flexibility index (Phi) is 5.83. The van der Waals surface area contributed by atoms with Crippen LogP contribution in [0.1, 0.15) is 46.2 Å². The van der Waals surface area contributed by atoms with Crippen LogP contribution in [0.15, 0.2) is 24.3 Å². The molecule has 108 valence electrons. The van der Waals surface area contributed by atoms with E-state index in [4.69, 9.17) is 10.5 Å². The van der Waals surface area contributed by atoms with E-state index >= 15 is 0 Å². The number of benzene rings is 1. The second-order valence-corrected chi connectivity index (χ2v) is 5.71. The average Bonchev–Trinajstić information content (AvgIpc) is 2.35. The van der Waals surface area contributed by atoms with Crippen molar-refractivity contribution in [1.82, 2.24) is 4.90 Å². The fourth-order valence-electron chi connectivity index (χ4n) is 2.58. The summed E-state index contributed by atoms with van der Waals surface area (Å²) >= 11 is 0. The fraction of sp³-hybridized carbons (Fsp3) is 0.625. The molecule has 0 heterocycles. The Hall–Kier alpha value is -1.06. The van der Waals surface area contributed by atoms with Crippen LogP contribution in [0.5, 0.6) is 5.75 Å². The Labute approximate surface area is 117 Å². The van der Waals surface area contributed by atoms with Crippen molar-refractivity contribution in [2.24, 2.45) is 5.73 Å². The highest BCUT2D eigenvalue weighted by Gasteiger charge is 2.27. The molecule has 0 aliphatic heterocycles. The topological polar surface area (TPSA) is 38.5 Å². The summed E-state index contributed by atoms with van der Waals surface area (Å²) in [6.45, 7) is 13.1. The quantitative estimate of drug-likeness (QED) is 0.857. The number of hydrogen-bond donors (Lipinski definition) is 1. The van der Waals surface area contributed by atoms with Gasteiger partial charge in [0.15, 0.2) is 0 Å². The second-order valence-electron chi connectivity index (χ2n) is 5.71. The summed E-state index contributed by atoms with van der Waals surface area (Å²) < 4.78 is 5.58. The summed E-state index contributed by atoms with van der Waals surface area (Å²) in [5, 5.41) is 0. The van der Waals surface area contributed by atoms with Crippen LogP contribution in [0.25, 0.3) is 0 Å². The zero-order chi connectivity index (χ0) is 14.5. The molecule has 0 fully saturated rings. The molecule has 1 aromatic rings. The molecule has 1 aromatic carbocycles. The van der Waals surface area contributed by atoms with Crippen molar-refractivity contribution in [3.8, 4) is 5.75 Å². The SMILES string of the molecule is CCOc1cccc(C(CN)N(CC)C(C)(C)C)c1. The van der Waals surface area contributed by atoms with Gasteiger partial charge in [-0.1, -0.05) is 19.1 Å². The summed E-state index contributed by atoms with van der Waals surface area (Å²) in [6.07, 6.45) is 0. The Bertz CT molecular complexity index is 385. The first-order valence-corrected chi connectivity index (χ1v) is 7.13. The second kappa shape index (κ2) is 6.92. The number of ether oxygens (including phenoxy) is 1. The van der Waals surface area contributed by atoms with E-state index in [2.05, 4.69) is 44.7 Å². The van der Waals surface area contributed by atoms with Gasteiger partial charge in [-0.15, -0.1) is 0 Å². The van der Waals surface area contributed by atoms with Gasteiger partial charge in [0.05, 0.1) is 6.61 Å². The van der Waals surface area contributed by atoms with Crippen LogP contribution in [0, 0.1) is 0 Å². The van der Waals surface area contributed by atoms with E-state index in [1.807, 2.05) is 19.1 Å². The first-order valence-electron chi connectivity index (χ1n) is 7.13. The van der Waals surface area contributed by atoms with Gasteiger partial charge in [0.1, 0.15) is 5.75 Å². The van der Waals surface area contributed by atoms with Crippen molar-refractivity contribution in [2.45, 2.75) is 46.2 Å². The number of hydrogen-bond acceptors (Lipinski definition) is 3. The molecule has 3 nitrogen and oxygen atoms in total. The minimum absolute atomic E-state index is 0.0976. The first-order chi connectivity index (χ1) is 8.93.